The number of nitriles is 2. The molecule has 2 aliphatic rings. The van der Waals surface area contributed by atoms with Crippen molar-refractivity contribution in [3.63, 3.8) is 0 Å². The van der Waals surface area contributed by atoms with Gasteiger partial charge in [-0.3, -0.25) is 0 Å². The van der Waals surface area contributed by atoms with Crippen LogP contribution in [-0.2, 0) is 0 Å². The Morgan fingerprint density at radius 1 is 0.193 bits per heavy atom. The summed E-state index contributed by atoms with van der Waals surface area (Å²) in [7, 11) is 0. The van der Waals surface area contributed by atoms with Gasteiger partial charge in [-0.2, -0.15) is 10.5 Å². The van der Waals surface area contributed by atoms with Gasteiger partial charge in [0.05, 0.1) is 23.3 Å². The topological polar surface area (TPSA) is 105 Å². The Balaban J connectivity index is 0.000000138. The second-order valence-electron chi connectivity index (χ2n) is 29.9. The Kier molecular flexibility index (Phi) is 14.4. The molecule has 0 N–H and O–H groups in total. The lowest BCUT2D eigenvalue weighted by Crippen LogP contribution is -2.00. The van der Waals surface area contributed by atoms with Gasteiger partial charge in [0.2, 0.25) is 0 Å². The second kappa shape index (κ2) is 25.5. The number of fused-ring (bicyclic) bond motifs is 6. The summed E-state index contributed by atoms with van der Waals surface area (Å²) >= 11 is 0. The van der Waals surface area contributed by atoms with Crippen LogP contribution in [0.25, 0.3) is 220 Å². The first-order valence-electron chi connectivity index (χ1n) is 38.3. The summed E-state index contributed by atoms with van der Waals surface area (Å²) in [5, 5.41) is 43.1. The van der Waals surface area contributed by atoms with Gasteiger partial charge in [0, 0.05) is 44.0 Å². The van der Waals surface area contributed by atoms with Crippen molar-refractivity contribution >= 4 is 108 Å². The Hall–Kier alpha value is -15.7. The molecule has 0 amide bonds. The average molecular weight is 1450 g/mol. The van der Waals surface area contributed by atoms with Gasteiger partial charge in [-0.05, 0) is 280 Å². The third kappa shape index (κ3) is 10.5. The number of hydrogen-bond acceptors (Lipinski definition) is 7. The molecule has 0 aliphatic carbocycles. The number of ether oxygens (including phenoxy) is 2. The third-order valence-electron chi connectivity index (χ3n) is 23.4. The molecule has 2 aliphatic heterocycles. The monoisotopic (exact) mass is 1450 g/mol. The van der Waals surface area contributed by atoms with E-state index in [2.05, 4.69) is 261 Å². The molecule has 0 fully saturated rings. The first kappa shape index (κ1) is 64.3. The summed E-state index contributed by atoms with van der Waals surface area (Å²) in [5.41, 5.74) is 20.1. The highest BCUT2D eigenvalue weighted by Crippen LogP contribution is 2.52. The van der Waals surface area contributed by atoms with Crippen LogP contribution in [0.1, 0.15) is 11.1 Å². The molecule has 0 bridgehead atoms. The van der Waals surface area contributed by atoms with Gasteiger partial charge < -0.3 is 9.47 Å². The van der Waals surface area contributed by atoms with E-state index >= 15 is 0 Å². The first-order chi connectivity index (χ1) is 56.3. The highest BCUT2D eigenvalue weighted by molar-refractivity contribution is 6.26. The Labute approximate surface area is 654 Å². The minimum absolute atomic E-state index is 0.587. The second-order valence-corrected chi connectivity index (χ2v) is 29.9. The van der Waals surface area contributed by atoms with Crippen molar-refractivity contribution in [1.82, 2.24) is 15.0 Å². The Morgan fingerprint density at radius 3 is 1.13 bits per heavy atom. The molecule has 0 atom stereocenters. The van der Waals surface area contributed by atoms with Gasteiger partial charge in [0.15, 0.2) is 17.5 Å². The van der Waals surface area contributed by atoms with E-state index in [9.17, 15) is 10.5 Å². The van der Waals surface area contributed by atoms with Gasteiger partial charge >= 0.3 is 0 Å². The molecule has 524 valence electrons. The predicted molar refractivity (Wildman–Crippen MR) is 468 cm³/mol. The van der Waals surface area contributed by atoms with Gasteiger partial charge in [-0.1, -0.05) is 237 Å². The standard InChI is InChI=1S/C58H32N4O.C49H27NO/c59-33-34-14-23-48-50-13-7-12-49-47(24-25-51(55(49)50)63-52(48)26-34)40-18-17-37-27-39(16-15-38(37)28-40)45-29-41-19-21-43-31-46(32-44-22-20-42(30-45)53(41)54(43)44)58-61-56(35-8-3-1-4-9-35)60-57(62-58)36-10-5-2-6-11-36;50-28-39-18-20-44-43-19-17-34(27-46(43)51-45-10-4-9-42(39)49(44)45)31-7-3-8-32(22-31)40-23-35-13-15-37-25-41(26-38-16-14-36(24-40)47(35)48(37)38)33-12-11-29-5-1-2-6-30(29)21-33/h1-32H;1-27H. The van der Waals surface area contributed by atoms with Crippen LogP contribution in [0.2, 0.25) is 0 Å². The van der Waals surface area contributed by atoms with E-state index < -0.39 is 0 Å². The molecule has 24 rings (SSSR count). The molecular weight excluding hydrogens is 1390 g/mol. The van der Waals surface area contributed by atoms with Crippen LogP contribution in [0.3, 0.4) is 0 Å². The van der Waals surface area contributed by atoms with E-state index in [1.807, 2.05) is 109 Å². The maximum absolute atomic E-state index is 9.67. The molecule has 0 saturated carbocycles. The smallest absolute Gasteiger partial charge is 0.164 e. The molecule has 21 aromatic carbocycles. The molecular formula is C107H59N5O2. The van der Waals surface area contributed by atoms with Crippen molar-refractivity contribution in [2.24, 2.45) is 0 Å². The summed E-state index contributed by atoms with van der Waals surface area (Å²) in [6, 6.07) is 132. The average Bonchev–Trinajstić information content (AvgIpc) is 0.744. The molecule has 0 radical (unpaired) electrons. The maximum Gasteiger partial charge on any atom is 0.164 e. The largest absolute Gasteiger partial charge is 0.456 e. The van der Waals surface area contributed by atoms with Gasteiger partial charge in [0.25, 0.3) is 0 Å². The number of aromatic nitrogens is 3. The zero-order valence-electron chi connectivity index (χ0n) is 61.1. The fourth-order valence-electron chi connectivity index (χ4n) is 17.9. The molecule has 7 nitrogen and oxygen atoms in total. The van der Waals surface area contributed by atoms with Crippen LogP contribution in [0, 0.1) is 22.7 Å². The summed E-state index contributed by atoms with van der Waals surface area (Å²) in [6.45, 7) is 0. The molecule has 3 heterocycles. The van der Waals surface area contributed by atoms with E-state index in [0.717, 1.165) is 117 Å². The lowest BCUT2D eigenvalue weighted by Gasteiger charge is -2.22. The zero-order valence-corrected chi connectivity index (χ0v) is 61.1. The third-order valence-corrected chi connectivity index (χ3v) is 23.4. The number of rotatable bonds is 8. The Bertz CT molecular complexity index is 7760. The van der Waals surface area contributed by atoms with Crippen LogP contribution >= 0.6 is 0 Å². The molecule has 7 heteroatoms. The normalized spacial score (nSPS) is 12.0. The minimum Gasteiger partial charge on any atom is -0.456 e. The first-order valence-corrected chi connectivity index (χ1v) is 38.3. The van der Waals surface area contributed by atoms with E-state index in [0.29, 0.717) is 28.6 Å². The fraction of sp³-hybridized carbons (Fsp3) is 0. The van der Waals surface area contributed by atoms with Crippen LogP contribution in [0.5, 0.6) is 23.0 Å². The summed E-state index contributed by atoms with van der Waals surface area (Å²) in [5.74, 6) is 5.10. The number of benzene rings is 21. The van der Waals surface area contributed by atoms with Crippen molar-refractivity contribution in [1.29, 1.82) is 10.5 Å². The van der Waals surface area contributed by atoms with E-state index in [-0.39, 0.29) is 0 Å². The maximum atomic E-state index is 9.67. The lowest BCUT2D eigenvalue weighted by atomic mass is 9.88. The molecule has 0 spiro atoms. The summed E-state index contributed by atoms with van der Waals surface area (Å²) in [4.78, 5) is 14.9. The molecule has 0 saturated heterocycles. The van der Waals surface area contributed by atoms with Crippen molar-refractivity contribution < 1.29 is 9.47 Å². The zero-order chi connectivity index (χ0) is 75.2. The van der Waals surface area contributed by atoms with Gasteiger partial charge in [-0.25, -0.2) is 15.0 Å². The SMILES string of the molecule is N#Cc1ccc2c(c1)Oc1ccc(-c3ccc4cc(-c5cc6ccc7cc(-c8nc(-c9ccccc9)nc(-c9ccccc9)n8)cc8ccc(c5)c6c78)ccc4c3)c3cccc-2c13.N#Cc1ccc2c3c(cccc13)Oc1cc(-c3cccc(-c4cc5ccc6cc(-c7ccc8ccccc8c7)cc7ccc(c4)c5c67)c3)ccc1-2. The van der Waals surface area contributed by atoms with Crippen molar-refractivity contribution in [3.8, 4) is 147 Å². The quantitative estimate of drug-likeness (QED) is 0.140. The molecule has 114 heavy (non-hydrogen) atoms. The minimum atomic E-state index is 0.587. The van der Waals surface area contributed by atoms with Crippen molar-refractivity contribution in [3.05, 3.63) is 369 Å². The van der Waals surface area contributed by atoms with Crippen LogP contribution in [0.15, 0.2) is 358 Å². The highest BCUT2D eigenvalue weighted by Gasteiger charge is 2.26. The van der Waals surface area contributed by atoms with Gasteiger partial charge in [0.1, 0.15) is 23.0 Å². The van der Waals surface area contributed by atoms with Crippen LogP contribution in [-0.4, -0.2) is 15.0 Å². The predicted octanol–water partition coefficient (Wildman–Crippen LogP) is 28.6. The number of hydrogen-bond donors (Lipinski definition) is 0. The Morgan fingerprint density at radius 2 is 0.561 bits per heavy atom. The summed E-state index contributed by atoms with van der Waals surface area (Å²) in [6.07, 6.45) is 0. The molecule has 22 aromatic rings. The van der Waals surface area contributed by atoms with E-state index in [1.54, 1.807) is 0 Å². The molecule has 1 aromatic heterocycles. The van der Waals surface area contributed by atoms with Crippen LogP contribution in [0.4, 0.5) is 0 Å². The van der Waals surface area contributed by atoms with Gasteiger partial charge in [-0.15, -0.1) is 0 Å². The molecule has 0 unspecified atom stereocenters. The van der Waals surface area contributed by atoms with E-state index in [1.165, 1.54) is 109 Å². The summed E-state index contributed by atoms with van der Waals surface area (Å²) < 4.78 is 12.8. The highest BCUT2D eigenvalue weighted by atomic mass is 16.5. The van der Waals surface area contributed by atoms with Crippen LogP contribution < -0.4 is 9.47 Å². The van der Waals surface area contributed by atoms with E-state index in [4.69, 9.17) is 24.4 Å². The number of nitrogens with zero attached hydrogens (tertiary/aromatic N) is 5. The lowest BCUT2D eigenvalue weighted by molar-refractivity contribution is 0.487. The fourth-order valence-corrected chi connectivity index (χ4v) is 17.9. The van der Waals surface area contributed by atoms with Crippen molar-refractivity contribution in [2.45, 2.75) is 0 Å². The van der Waals surface area contributed by atoms with Crippen molar-refractivity contribution in [2.75, 3.05) is 0 Å².